The quantitative estimate of drug-likeness (QED) is 0.243. The highest BCUT2D eigenvalue weighted by molar-refractivity contribution is 7.91. The number of nitrogens with zero attached hydrogens (tertiary/aromatic N) is 3. The van der Waals surface area contributed by atoms with Gasteiger partial charge in [0.15, 0.2) is 0 Å². The summed E-state index contributed by atoms with van der Waals surface area (Å²) in [5.74, 6) is -0.0420. The zero-order valence-corrected chi connectivity index (χ0v) is 27.7. The fourth-order valence-corrected chi connectivity index (χ4v) is 8.54. The highest BCUT2D eigenvalue weighted by Crippen LogP contribution is 2.49. The lowest BCUT2D eigenvalue weighted by Gasteiger charge is -2.34. The Bertz CT molecular complexity index is 1980. The number of allylic oxidation sites excluding steroid dienone is 1. The minimum absolute atomic E-state index is 0.0659. The van der Waals surface area contributed by atoms with Crippen molar-refractivity contribution in [1.29, 1.82) is 0 Å². The van der Waals surface area contributed by atoms with Gasteiger partial charge in [-0.3, -0.25) is 9.59 Å². The monoisotopic (exact) mass is 643 g/mol. The zero-order chi connectivity index (χ0) is 32.8. The molecule has 0 spiro atoms. The van der Waals surface area contributed by atoms with E-state index in [1.807, 2.05) is 25.1 Å². The number of aryl methyl sites for hydroxylation is 2. The molecule has 1 saturated heterocycles. The summed E-state index contributed by atoms with van der Waals surface area (Å²) in [6.45, 7) is 11.2. The van der Waals surface area contributed by atoms with E-state index in [2.05, 4.69) is 45.9 Å². The summed E-state index contributed by atoms with van der Waals surface area (Å²) in [6.07, 6.45) is 4.77. The average molecular weight is 644 g/mol. The summed E-state index contributed by atoms with van der Waals surface area (Å²) in [5, 5.41) is 3.45. The predicted molar refractivity (Wildman–Crippen MR) is 182 cm³/mol. The van der Waals surface area contributed by atoms with Gasteiger partial charge in [0.1, 0.15) is 5.75 Å². The van der Waals surface area contributed by atoms with Crippen LogP contribution < -0.4 is 20.5 Å². The number of aromatic amines is 1. The van der Waals surface area contributed by atoms with E-state index in [4.69, 9.17) is 4.74 Å². The zero-order valence-electron chi connectivity index (χ0n) is 26.9. The SMILES string of the molecule is C=CCC1(S(=O)(=O)n2cc(C)c3c(C(=O)NCc4c(OC)cc(C)[nH]c4=O)cc(-c4ccc(N5CCN(C)CC5)cc4)cc32)CC1. The Kier molecular flexibility index (Phi) is 8.32. The molecule has 4 aromatic rings. The summed E-state index contributed by atoms with van der Waals surface area (Å²) in [7, 11) is -0.191. The molecule has 2 aromatic carbocycles. The number of carbonyl (C=O) groups excluding carboxylic acids is 1. The molecular formula is C35H41N5O5S. The second-order valence-corrected chi connectivity index (χ2v) is 14.8. The predicted octanol–water partition coefficient (Wildman–Crippen LogP) is 4.59. The molecule has 1 aliphatic heterocycles. The Morgan fingerprint density at radius 2 is 1.76 bits per heavy atom. The van der Waals surface area contributed by atoms with Crippen molar-refractivity contribution in [2.45, 2.75) is 44.4 Å². The van der Waals surface area contributed by atoms with E-state index in [1.54, 1.807) is 31.3 Å². The van der Waals surface area contributed by atoms with Crippen molar-refractivity contribution < 1.29 is 17.9 Å². The lowest BCUT2D eigenvalue weighted by atomic mass is 9.98. The summed E-state index contributed by atoms with van der Waals surface area (Å²) >= 11 is 0. The maximum Gasteiger partial charge on any atom is 0.256 e. The molecule has 10 nitrogen and oxygen atoms in total. The number of nitrogens with one attached hydrogen (secondary N) is 2. The minimum Gasteiger partial charge on any atom is -0.496 e. The number of methoxy groups -OCH3 is 1. The Morgan fingerprint density at radius 3 is 2.39 bits per heavy atom. The molecule has 1 amide bonds. The van der Waals surface area contributed by atoms with Crippen LogP contribution in [-0.2, 0) is 16.6 Å². The average Bonchev–Trinajstić information content (AvgIpc) is 3.76. The molecule has 1 aliphatic carbocycles. The minimum atomic E-state index is -3.80. The second kappa shape index (κ2) is 12.1. The molecule has 2 aliphatic rings. The van der Waals surface area contributed by atoms with Crippen molar-refractivity contribution in [2.24, 2.45) is 0 Å². The molecule has 1 saturated carbocycles. The van der Waals surface area contributed by atoms with Crippen LogP contribution in [0.4, 0.5) is 5.69 Å². The van der Waals surface area contributed by atoms with Gasteiger partial charge < -0.3 is 24.8 Å². The van der Waals surface area contributed by atoms with Crippen LogP contribution in [0.25, 0.3) is 22.0 Å². The van der Waals surface area contributed by atoms with E-state index < -0.39 is 20.7 Å². The number of piperazine rings is 1. The first-order valence-electron chi connectivity index (χ1n) is 15.6. The summed E-state index contributed by atoms with van der Waals surface area (Å²) in [5.41, 5.74) is 4.75. The highest BCUT2D eigenvalue weighted by Gasteiger charge is 2.54. The van der Waals surface area contributed by atoms with Gasteiger partial charge in [-0.1, -0.05) is 18.2 Å². The van der Waals surface area contributed by atoms with Crippen molar-refractivity contribution in [2.75, 3.05) is 45.2 Å². The van der Waals surface area contributed by atoms with Gasteiger partial charge in [0, 0.05) is 54.7 Å². The fraction of sp³-hybridized carbons (Fsp3) is 0.371. The van der Waals surface area contributed by atoms with Crippen molar-refractivity contribution in [3.63, 3.8) is 0 Å². The third kappa shape index (κ3) is 5.62. The number of hydrogen-bond acceptors (Lipinski definition) is 7. The first-order chi connectivity index (χ1) is 22.0. The van der Waals surface area contributed by atoms with Gasteiger partial charge in [-0.2, -0.15) is 0 Å². The van der Waals surface area contributed by atoms with Crippen LogP contribution in [0.15, 0.2) is 66.1 Å². The largest absolute Gasteiger partial charge is 0.496 e. The van der Waals surface area contributed by atoms with Crippen molar-refractivity contribution >= 4 is 32.5 Å². The molecule has 0 unspecified atom stereocenters. The van der Waals surface area contributed by atoms with Gasteiger partial charge in [0.25, 0.3) is 11.5 Å². The smallest absolute Gasteiger partial charge is 0.256 e. The van der Waals surface area contributed by atoms with Gasteiger partial charge in [0.05, 0.1) is 29.5 Å². The summed E-state index contributed by atoms with van der Waals surface area (Å²) in [4.78, 5) is 34.1. The highest BCUT2D eigenvalue weighted by atomic mass is 32.2. The van der Waals surface area contributed by atoms with Gasteiger partial charge in [-0.15, -0.1) is 6.58 Å². The number of hydrogen-bond donors (Lipinski definition) is 2. The maximum atomic E-state index is 14.1. The number of rotatable bonds is 10. The molecule has 46 heavy (non-hydrogen) atoms. The Hall–Kier alpha value is -4.35. The number of carbonyl (C=O) groups is 1. The van der Waals surface area contributed by atoms with Gasteiger partial charge in [-0.05, 0) is 87.2 Å². The number of benzene rings is 2. The van der Waals surface area contributed by atoms with Crippen LogP contribution in [0, 0.1) is 13.8 Å². The number of ether oxygens (including phenoxy) is 1. The lowest BCUT2D eigenvalue weighted by Crippen LogP contribution is -2.44. The van der Waals surface area contributed by atoms with Crippen molar-refractivity contribution in [1.82, 2.24) is 19.2 Å². The molecule has 2 aromatic heterocycles. The van der Waals surface area contributed by atoms with Crippen molar-refractivity contribution in [3.8, 4) is 16.9 Å². The fourth-order valence-electron chi connectivity index (χ4n) is 6.48. The topological polar surface area (TPSA) is 117 Å². The second-order valence-electron chi connectivity index (χ2n) is 12.6. The lowest BCUT2D eigenvalue weighted by molar-refractivity contribution is 0.0952. The molecule has 3 heterocycles. The van der Waals surface area contributed by atoms with E-state index in [9.17, 15) is 18.0 Å². The van der Waals surface area contributed by atoms with Crippen LogP contribution in [-0.4, -0.2) is 73.3 Å². The third-order valence-corrected chi connectivity index (χ3v) is 11.9. The molecule has 2 N–H and O–H groups in total. The van der Waals surface area contributed by atoms with Gasteiger partial charge in [-0.25, -0.2) is 12.4 Å². The van der Waals surface area contributed by atoms with Crippen LogP contribution in [0.2, 0.25) is 0 Å². The Balaban J connectivity index is 1.43. The van der Waals surface area contributed by atoms with E-state index in [-0.39, 0.29) is 12.1 Å². The molecule has 0 atom stereocenters. The summed E-state index contributed by atoms with van der Waals surface area (Å²) < 4.78 is 34.1. The van der Waals surface area contributed by atoms with Crippen LogP contribution in [0.1, 0.15) is 46.4 Å². The number of amides is 1. The van der Waals surface area contributed by atoms with Crippen LogP contribution in [0.5, 0.6) is 5.75 Å². The van der Waals surface area contributed by atoms with Gasteiger partial charge >= 0.3 is 0 Å². The van der Waals surface area contributed by atoms with E-state index in [0.717, 1.165) is 43.0 Å². The number of fused-ring (bicyclic) bond motifs is 1. The normalized spacial score (nSPS) is 16.4. The van der Waals surface area contributed by atoms with Crippen LogP contribution >= 0.6 is 0 Å². The number of likely N-dealkylation sites (N-methyl/N-ethyl adjacent to an activating group) is 1. The molecule has 0 bridgehead atoms. The number of anilines is 1. The standard InChI is InChI=1S/C35H41N5O5S/c1-6-11-35(12-13-35)46(43,44)40-22-23(2)32-28(33(41)36-21-29-31(45-5)18-24(3)37-34(29)42)19-26(20-30(32)40)25-7-9-27(10-8-25)39-16-14-38(4)15-17-39/h6-10,18-20,22H,1,11-17,21H2,2-5H3,(H,36,41)(H,37,42). The number of aromatic nitrogens is 2. The molecule has 242 valence electrons. The Morgan fingerprint density at radius 1 is 1.07 bits per heavy atom. The molecule has 6 rings (SSSR count). The molecule has 11 heteroatoms. The first-order valence-corrected chi connectivity index (χ1v) is 17.0. The number of H-pyrrole nitrogens is 1. The van der Waals surface area contributed by atoms with E-state index in [1.165, 1.54) is 11.1 Å². The molecule has 2 fully saturated rings. The van der Waals surface area contributed by atoms with Crippen molar-refractivity contribution in [3.05, 3.63) is 94.1 Å². The maximum absolute atomic E-state index is 14.1. The summed E-state index contributed by atoms with van der Waals surface area (Å²) in [6, 6.07) is 13.6. The van der Waals surface area contributed by atoms with E-state index >= 15 is 0 Å². The molecule has 0 radical (unpaired) electrons. The van der Waals surface area contributed by atoms with E-state index in [0.29, 0.717) is 58.3 Å². The van der Waals surface area contributed by atoms with Gasteiger partial charge in [0.2, 0.25) is 10.0 Å². The Labute approximate surface area is 269 Å². The third-order valence-electron chi connectivity index (χ3n) is 9.38. The first kappa shape index (κ1) is 31.6. The van der Waals surface area contributed by atoms with Crippen LogP contribution in [0.3, 0.4) is 0 Å². The number of pyridine rings is 1. The molecular weight excluding hydrogens is 602 g/mol.